The van der Waals surface area contributed by atoms with Crippen LogP contribution in [0.4, 0.5) is 11.4 Å². The van der Waals surface area contributed by atoms with Gasteiger partial charge in [0.25, 0.3) is 0 Å². The summed E-state index contributed by atoms with van der Waals surface area (Å²) in [6, 6.07) is 6.24. The first-order chi connectivity index (χ1) is 11.0. The van der Waals surface area contributed by atoms with Crippen molar-refractivity contribution in [2.75, 3.05) is 36.4 Å². The molecule has 1 saturated heterocycles. The van der Waals surface area contributed by atoms with E-state index in [-0.39, 0.29) is 11.8 Å². The molecule has 1 aromatic carbocycles. The van der Waals surface area contributed by atoms with Crippen molar-refractivity contribution in [3.05, 3.63) is 23.8 Å². The van der Waals surface area contributed by atoms with Gasteiger partial charge in [0.15, 0.2) is 0 Å². The van der Waals surface area contributed by atoms with Crippen molar-refractivity contribution in [3.8, 4) is 0 Å². The fraction of sp³-hybridized carbons (Fsp3) is 0.556. The van der Waals surface area contributed by atoms with Crippen LogP contribution in [0.3, 0.4) is 0 Å². The molecule has 124 valence electrons. The van der Waals surface area contributed by atoms with Crippen LogP contribution < -0.4 is 10.2 Å². The van der Waals surface area contributed by atoms with Gasteiger partial charge in [-0.1, -0.05) is 13.8 Å². The van der Waals surface area contributed by atoms with Crippen LogP contribution in [0.25, 0.3) is 0 Å². The van der Waals surface area contributed by atoms with Crippen LogP contribution in [0.5, 0.6) is 0 Å². The first-order valence-corrected chi connectivity index (χ1v) is 8.48. The molecule has 2 heterocycles. The molecule has 0 aliphatic carbocycles. The molecule has 0 bridgehead atoms. The van der Waals surface area contributed by atoms with Gasteiger partial charge >= 0.3 is 0 Å². The van der Waals surface area contributed by atoms with Crippen LogP contribution in [-0.4, -0.2) is 42.9 Å². The van der Waals surface area contributed by atoms with Gasteiger partial charge in [0.2, 0.25) is 11.8 Å². The summed E-state index contributed by atoms with van der Waals surface area (Å²) in [5, 5.41) is 2.92. The third kappa shape index (κ3) is 3.66. The summed E-state index contributed by atoms with van der Waals surface area (Å²) in [6.45, 7) is 7.49. The fourth-order valence-electron chi connectivity index (χ4n) is 3.26. The fourth-order valence-corrected chi connectivity index (χ4v) is 3.26. The van der Waals surface area contributed by atoms with E-state index in [1.54, 1.807) is 0 Å². The van der Waals surface area contributed by atoms with Crippen LogP contribution in [0.2, 0.25) is 0 Å². The lowest BCUT2D eigenvalue weighted by molar-refractivity contribution is -0.132. The van der Waals surface area contributed by atoms with Gasteiger partial charge in [0.1, 0.15) is 0 Å². The highest BCUT2D eigenvalue weighted by Gasteiger charge is 2.23. The number of nitrogens with zero attached hydrogens (tertiary/aromatic N) is 2. The van der Waals surface area contributed by atoms with Gasteiger partial charge < -0.3 is 15.1 Å². The number of amides is 2. The highest BCUT2D eigenvalue weighted by molar-refractivity contribution is 5.94. The zero-order valence-corrected chi connectivity index (χ0v) is 14.0. The Morgan fingerprint density at radius 3 is 2.61 bits per heavy atom. The lowest BCUT2D eigenvalue weighted by Crippen LogP contribution is -2.49. The molecule has 0 radical (unpaired) electrons. The predicted octanol–water partition coefficient (Wildman–Crippen LogP) is 2.27. The van der Waals surface area contributed by atoms with Crippen LogP contribution in [0.15, 0.2) is 18.2 Å². The van der Waals surface area contributed by atoms with Crippen LogP contribution >= 0.6 is 0 Å². The molecule has 2 aliphatic heterocycles. The average Bonchev–Trinajstić information content (AvgIpc) is 2.54. The maximum atomic E-state index is 12.1. The second-order valence-corrected chi connectivity index (χ2v) is 6.86. The Hall–Kier alpha value is -2.04. The smallest absolute Gasteiger partial charge is 0.224 e. The normalized spacial score (nSPS) is 18.0. The van der Waals surface area contributed by atoms with Gasteiger partial charge in [-0.15, -0.1) is 0 Å². The highest BCUT2D eigenvalue weighted by atomic mass is 16.2. The van der Waals surface area contributed by atoms with Gasteiger partial charge in [0.05, 0.1) is 0 Å². The number of aryl methyl sites for hydroxylation is 1. The van der Waals surface area contributed by atoms with Crippen molar-refractivity contribution in [1.82, 2.24) is 4.90 Å². The molecule has 5 nitrogen and oxygen atoms in total. The molecule has 0 atom stereocenters. The van der Waals surface area contributed by atoms with Gasteiger partial charge in [-0.25, -0.2) is 0 Å². The third-order valence-electron chi connectivity index (χ3n) is 4.56. The number of anilines is 2. The van der Waals surface area contributed by atoms with Gasteiger partial charge in [-0.2, -0.15) is 0 Å². The number of fused-ring (bicyclic) bond motifs is 1. The summed E-state index contributed by atoms with van der Waals surface area (Å²) in [4.78, 5) is 27.9. The molecule has 23 heavy (non-hydrogen) atoms. The highest BCUT2D eigenvalue weighted by Crippen LogP contribution is 2.28. The zero-order chi connectivity index (χ0) is 16.4. The predicted molar refractivity (Wildman–Crippen MR) is 91.6 cm³/mol. The van der Waals surface area contributed by atoms with Crippen molar-refractivity contribution < 1.29 is 9.59 Å². The molecule has 1 N–H and O–H groups in total. The van der Waals surface area contributed by atoms with Gasteiger partial charge in [0, 0.05) is 50.4 Å². The second kappa shape index (κ2) is 6.60. The Kier molecular flexibility index (Phi) is 4.55. The number of carbonyl (C=O) groups excluding carboxylic acids is 2. The summed E-state index contributed by atoms with van der Waals surface area (Å²) in [5.41, 5.74) is 3.34. The summed E-state index contributed by atoms with van der Waals surface area (Å²) < 4.78 is 0. The van der Waals surface area contributed by atoms with Crippen molar-refractivity contribution in [3.63, 3.8) is 0 Å². The van der Waals surface area contributed by atoms with Crippen molar-refractivity contribution >= 4 is 23.2 Å². The molecule has 0 spiro atoms. The molecule has 2 amide bonds. The minimum atomic E-state index is 0.0996. The Morgan fingerprint density at radius 1 is 1.17 bits per heavy atom. The molecule has 0 aromatic heterocycles. The molecule has 0 unspecified atom stereocenters. The lowest BCUT2D eigenvalue weighted by Gasteiger charge is -2.37. The number of benzene rings is 1. The third-order valence-corrected chi connectivity index (χ3v) is 4.56. The van der Waals surface area contributed by atoms with E-state index >= 15 is 0 Å². The first-order valence-electron chi connectivity index (χ1n) is 8.48. The lowest BCUT2D eigenvalue weighted by atomic mass is 10.0. The zero-order valence-electron chi connectivity index (χ0n) is 14.0. The molecule has 0 saturated carbocycles. The minimum absolute atomic E-state index is 0.0996. The molecule has 5 heteroatoms. The van der Waals surface area contributed by atoms with E-state index in [1.165, 1.54) is 11.3 Å². The standard InChI is InChI=1S/C18H25N3O2/c1-13(2)11-18(23)21-9-7-20(8-10-21)15-4-5-16-14(12-15)3-6-17(22)19-16/h4-5,12-13H,3,6-11H2,1-2H3,(H,19,22). The Balaban J connectivity index is 1.62. The molecule has 1 fully saturated rings. The summed E-state index contributed by atoms with van der Waals surface area (Å²) in [6.07, 6.45) is 2.01. The van der Waals surface area contributed by atoms with Crippen LogP contribution in [0.1, 0.15) is 32.3 Å². The molecular formula is C18H25N3O2. The Bertz CT molecular complexity index is 604. The van der Waals surface area contributed by atoms with Gasteiger partial charge in [-0.05, 0) is 36.1 Å². The second-order valence-electron chi connectivity index (χ2n) is 6.86. The number of carbonyl (C=O) groups is 2. The van der Waals surface area contributed by atoms with Crippen LogP contribution in [-0.2, 0) is 16.0 Å². The maximum Gasteiger partial charge on any atom is 0.224 e. The van der Waals surface area contributed by atoms with E-state index < -0.39 is 0 Å². The molecule has 2 aliphatic rings. The van der Waals surface area contributed by atoms with E-state index in [4.69, 9.17) is 0 Å². The average molecular weight is 315 g/mol. The minimum Gasteiger partial charge on any atom is -0.368 e. The molecule has 1 aromatic rings. The number of piperazine rings is 1. The molecular weight excluding hydrogens is 290 g/mol. The summed E-state index contributed by atoms with van der Waals surface area (Å²) in [5.74, 6) is 0.784. The van der Waals surface area contributed by atoms with Crippen molar-refractivity contribution in [1.29, 1.82) is 0 Å². The van der Waals surface area contributed by atoms with Crippen molar-refractivity contribution in [2.24, 2.45) is 5.92 Å². The van der Waals surface area contributed by atoms with Gasteiger partial charge in [-0.3, -0.25) is 9.59 Å². The number of rotatable bonds is 3. The number of hydrogen-bond acceptors (Lipinski definition) is 3. The SMILES string of the molecule is CC(C)CC(=O)N1CCN(c2ccc3c(c2)CCC(=O)N3)CC1. The number of hydrogen-bond donors (Lipinski definition) is 1. The Morgan fingerprint density at radius 2 is 1.91 bits per heavy atom. The maximum absolute atomic E-state index is 12.1. The van der Waals surface area contributed by atoms with E-state index in [1.807, 2.05) is 11.0 Å². The topological polar surface area (TPSA) is 52.7 Å². The van der Waals surface area contributed by atoms with E-state index in [2.05, 4.69) is 36.2 Å². The largest absolute Gasteiger partial charge is 0.368 e. The van der Waals surface area contributed by atoms with E-state index in [0.29, 0.717) is 18.8 Å². The van der Waals surface area contributed by atoms with E-state index in [9.17, 15) is 9.59 Å². The quantitative estimate of drug-likeness (QED) is 0.931. The molecule has 3 rings (SSSR count). The summed E-state index contributed by atoms with van der Waals surface area (Å²) >= 11 is 0. The van der Waals surface area contributed by atoms with Crippen molar-refractivity contribution in [2.45, 2.75) is 33.1 Å². The number of nitrogens with one attached hydrogen (secondary N) is 1. The Labute approximate surface area is 137 Å². The van der Waals surface area contributed by atoms with Crippen LogP contribution in [0, 0.1) is 5.92 Å². The van der Waals surface area contributed by atoms with E-state index in [0.717, 1.165) is 38.3 Å². The summed E-state index contributed by atoms with van der Waals surface area (Å²) in [7, 11) is 0. The monoisotopic (exact) mass is 315 g/mol. The first kappa shape index (κ1) is 15.8.